The lowest BCUT2D eigenvalue weighted by Crippen LogP contribution is -2.22. The van der Waals surface area contributed by atoms with Crippen LogP contribution in [0.5, 0.6) is 0 Å². The van der Waals surface area contributed by atoms with Crippen molar-refractivity contribution in [3.63, 3.8) is 0 Å². The van der Waals surface area contributed by atoms with Gasteiger partial charge in [0.2, 0.25) is 5.91 Å². The molecule has 0 spiro atoms. The summed E-state index contributed by atoms with van der Waals surface area (Å²) in [6, 6.07) is 5.87. The van der Waals surface area contributed by atoms with E-state index in [1.807, 2.05) is 36.9 Å². The van der Waals surface area contributed by atoms with Crippen molar-refractivity contribution in [1.82, 2.24) is 0 Å². The normalized spacial score (nSPS) is 17.7. The van der Waals surface area contributed by atoms with E-state index in [1.54, 1.807) is 0 Å². The fraction of sp³-hybridized carbons (Fsp3) is 0.400. The molecule has 0 aliphatic carbocycles. The van der Waals surface area contributed by atoms with E-state index in [2.05, 4.69) is 17.2 Å². The quantitative estimate of drug-likeness (QED) is 0.811. The summed E-state index contributed by atoms with van der Waals surface area (Å²) < 4.78 is 0. The Morgan fingerprint density at radius 2 is 2.42 bits per heavy atom. The SMILES string of the molecule is Cc1ccc(C#CCN)c(NC(=O)C2CCSC2)c1. The first-order valence-electron chi connectivity index (χ1n) is 6.39. The first kappa shape index (κ1) is 14.0. The van der Waals surface area contributed by atoms with Crippen LogP contribution >= 0.6 is 11.8 Å². The molecule has 1 aromatic rings. The minimum atomic E-state index is 0.103. The molecule has 0 radical (unpaired) electrons. The van der Waals surface area contributed by atoms with Gasteiger partial charge < -0.3 is 11.1 Å². The van der Waals surface area contributed by atoms with Gasteiger partial charge in [-0.15, -0.1) is 0 Å². The van der Waals surface area contributed by atoms with E-state index in [9.17, 15) is 4.79 Å². The molecule has 1 saturated heterocycles. The second-order valence-corrected chi connectivity index (χ2v) is 5.75. The van der Waals surface area contributed by atoms with Gasteiger partial charge in [-0.3, -0.25) is 4.79 Å². The third-order valence-corrected chi connectivity index (χ3v) is 4.22. The smallest absolute Gasteiger partial charge is 0.228 e. The highest BCUT2D eigenvalue weighted by molar-refractivity contribution is 7.99. The van der Waals surface area contributed by atoms with Crippen LogP contribution in [0, 0.1) is 24.7 Å². The van der Waals surface area contributed by atoms with Crippen molar-refractivity contribution in [3.05, 3.63) is 29.3 Å². The molecule has 3 N–H and O–H groups in total. The molecule has 1 unspecified atom stereocenters. The summed E-state index contributed by atoms with van der Waals surface area (Å²) in [4.78, 5) is 12.2. The number of thioether (sulfide) groups is 1. The Bertz CT molecular complexity index is 525. The Labute approximate surface area is 118 Å². The van der Waals surface area contributed by atoms with Crippen molar-refractivity contribution in [1.29, 1.82) is 0 Å². The number of amides is 1. The molecule has 1 heterocycles. The molecule has 19 heavy (non-hydrogen) atoms. The molecule has 100 valence electrons. The standard InChI is InChI=1S/C15H18N2OS/c1-11-4-5-12(3-2-7-16)14(9-11)17-15(18)13-6-8-19-10-13/h4-5,9,13H,6-8,10,16H2,1H3,(H,17,18). The molecular weight excluding hydrogens is 256 g/mol. The van der Waals surface area contributed by atoms with Crippen molar-refractivity contribution in [2.45, 2.75) is 13.3 Å². The molecule has 0 bridgehead atoms. The van der Waals surface area contributed by atoms with Crippen LogP contribution in [0.4, 0.5) is 5.69 Å². The Morgan fingerprint density at radius 1 is 1.58 bits per heavy atom. The van der Waals surface area contributed by atoms with Gasteiger partial charge in [-0.1, -0.05) is 17.9 Å². The molecule has 2 rings (SSSR count). The largest absolute Gasteiger partial charge is 0.325 e. The molecular formula is C15H18N2OS. The van der Waals surface area contributed by atoms with Crippen LogP contribution in [-0.2, 0) is 4.79 Å². The first-order chi connectivity index (χ1) is 9.20. The van der Waals surface area contributed by atoms with E-state index >= 15 is 0 Å². The summed E-state index contributed by atoms with van der Waals surface area (Å²) in [6.07, 6.45) is 0.964. The zero-order valence-corrected chi connectivity index (χ0v) is 11.8. The van der Waals surface area contributed by atoms with Gasteiger partial charge in [0, 0.05) is 17.2 Å². The van der Waals surface area contributed by atoms with Crippen molar-refractivity contribution >= 4 is 23.4 Å². The average molecular weight is 274 g/mol. The molecule has 0 aromatic heterocycles. The topological polar surface area (TPSA) is 55.1 Å². The fourth-order valence-electron chi connectivity index (χ4n) is 1.99. The average Bonchev–Trinajstić information content (AvgIpc) is 2.92. The van der Waals surface area contributed by atoms with Gasteiger partial charge >= 0.3 is 0 Å². The number of carbonyl (C=O) groups excluding carboxylic acids is 1. The second-order valence-electron chi connectivity index (χ2n) is 4.60. The van der Waals surface area contributed by atoms with Gasteiger partial charge in [0.25, 0.3) is 0 Å². The first-order valence-corrected chi connectivity index (χ1v) is 7.54. The highest BCUT2D eigenvalue weighted by atomic mass is 32.2. The third-order valence-electron chi connectivity index (χ3n) is 3.06. The van der Waals surface area contributed by atoms with Crippen LogP contribution in [-0.4, -0.2) is 24.0 Å². The number of nitrogens with two attached hydrogens (primary N) is 1. The van der Waals surface area contributed by atoms with Crippen LogP contribution < -0.4 is 11.1 Å². The highest BCUT2D eigenvalue weighted by Gasteiger charge is 2.23. The number of benzene rings is 1. The lowest BCUT2D eigenvalue weighted by atomic mass is 10.1. The molecule has 1 atom stereocenters. The highest BCUT2D eigenvalue weighted by Crippen LogP contribution is 2.25. The minimum Gasteiger partial charge on any atom is -0.325 e. The lowest BCUT2D eigenvalue weighted by Gasteiger charge is -2.12. The van der Waals surface area contributed by atoms with Gasteiger partial charge in [-0.2, -0.15) is 11.8 Å². The van der Waals surface area contributed by atoms with Gasteiger partial charge in [-0.25, -0.2) is 0 Å². The summed E-state index contributed by atoms with van der Waals surface area (Å²) in [5.41, 5.74) is 8.12. The maximum atomic E-state index is 12.2. The number of carbonyl (C=O) groups is 1. The van der Waals surface area contributed by atoms with Crippen molar-refractivity contribution in [2.75, 3.05) is 23.4 Å². The van der Waals surface area contributed by atoms with Gasteiger partial charge in [0.05, 0.1) is 12.2 Å². The zero-order valence-electron chi connectivity index (χ0n) is 11.0. The molecule has 1 amide bonds. The van der Waals surface area contributed by atoms with Crippen molar-refractivity contribution in [3.8, 4) is 11.8 Å². The Kier molecular flexibility index (Phi) is 4.89. The van der Waals surface area contributed by atoms with Gasteiger partial charge in [0.15, 0.2) is 0 Å². The molecule has 3 nitrogen and oxygen atoms in total. The zero-order chi connectivity index (χ0) is 13.7. The molecule has 1 fully saturated rings. The maximum Gasteiger partial charge on any atom is 0.228 e. The summed E-state index contributed by atoms with van der Waals surface area (Å²) >= 11 is 1.84. The Hall–Kier alpha value is -1.44. The van der Waals surface area contributed by atoms with Crippen LogP contribution in [0.3, 0.4) is 0 Å². The number of rotatable bonds is 2. The summed E-state index contributed by atoms with van der Waals surface area (Å²) in [6.45, 7) is 2.32. The monoisotopic (exact) mass is 274 g/mol. The number of hydrogen-bond donors (Lipinski definition) is 2. The summed E-state index contributed by atoms with van der Waals surface area (Å²) in [5, 5.41) is 3.01. The molecule has 4 heteroatoms. The fourth-order valence-corrected chi connectivity index (χ4v) is 3.21. The van der Waals surface area contributed by atoms with E-state index in [0.717, 1.165) is 34.7 Å². The summed E-state index contributed by atoms with van der Waals surface area (Å²) in [7, 11) is 0. The number of hydrogen-bond acceptors (Lipinski definition) is 3. The van der Waals surface area contributed by atoms with E-state index in [1.165, 1.54) is 0 Å². The number of nitrogens with one attached hydrogen (secondary N) is 1. The minimum absolute atomic E-state index is 0.103. The third kappa shape index (κ3) is 3.76. The lowest BCUT2D eigenvalue weighted by molar-refractivity contribution is -0.119. The molecule has 1 aliphatic rings. The van der Waals surface area contributed by atoms with E-state index in [4.69, 9.17) is 5.73 Å². The molecule has 1 aliphatic heterocycles. The second kappa shape index (κ2) is 6.65. The van der Waals surface area contributed by atoms with E-state index < -0.39 is 0 Å². The van der Waals surface area contributed by atoms with Gasteiger partial charge in [-0.05, 0) is 36.8 Å². The predicted molar refractivity (Wildman–Crippen MR) is 81.2 cm³/mol. The molecule has 0 saturated carbocycles. The van der Waals surface area contributed by atoms with Crippen LogP contribution in [0.2, 0.25) is 0 Å². The van der Waals surface area contributed by atoms with Crippen molar-refractivity contribution < 1.29 is 4.79 Å². The van der Waals surface area contributed by atoms with Crippen LogP contribution in [0.1, 0.15) is 17.5 Å². The number of aryl methyl sites for hydroxylation is 1. The van der Waals surface area contributed by atoms with Crippen molar-refractivity contribution in [2.24, 2.45) is 11.7 Å². The number of anilines is 1. The van der Waals surface area contributed by atoms with E-state index in [0.29, 0.717) is 6.54 Å². The van der Waals surface area contributed by atoms with E-state index in [-0.39, 0.29) is 11.8 Å². The van der Waals surface area contributed by atoms with Gasteiger partial charge in [0.1, 0.15) is 0 Å². The maximum absolute atomic E-state index is 12.2. The van der Waals surface area contributed by atoms with Crippen LogP contribution in [0.15, 0.2) is 18.2 Å². The van der Waals surface area contributed by atoms with Crippen LogP contribution in [0.25, 0.3) is 0 Å². The Morgan fingerprint density at radius 3 is 3.11 bits per heavy atom. The Balaban J connectivity index is 2.17. The predicted octanol–water partition coefficient (Wildman–Crippen LogP) is 2.00. The summed E-state index contributed by atoms with van der Waals surface area (Å²) in [5.74, 6) is 8.05. The molecule has 1 aromatic carbocycles.